The average molecular weight is 414 g/mol. The van der Waals surface area contributed by atoms with Crippen molar-refractivity contribution in [3.05, 3.63) is 29.7 Å². The molecule has 0 aliphatic heterocycles. The Balaban J connectivity index is 2.60. The van der Waals surface area contributed by atoms with Crippen LogP contribution in [0, 0.1) is 11.2 Å². The van der Waals surface area contributed by atoms with E-state index in [2.05, 4.69) is 42.3 Å². The number of methoxy groups -OCH3 is 1. The van der Waals surface area contributed by atoms with Gasteiger partial charge in [-0.1, -0.05) is 0 Å². The summed E-state index contributed by atoms with van der Waals surface area (Å²) in [5, 5.41) is 4.36. The number of fused-ring (bicyclic) bond motifs is 1. The Morgan fingerprint density at radius 3 is 2.95 bits per heavy atom. The van der Waals surface area contributed by atoms with Crippen molar-refractivity contribution < 1.29 is 14.3 Å². The van der Waals surface area contributed by atoms with E-state index in [-0.39, 0.29) is 0 Å². The molecule has 2 rings (SSSR count). The molecule has 0 aromatic carbocycles. The first kappa shape index (κ1) is 16.0. The fraction of sp³-hybridized carbons (Fsp3) is 0.214. The standard InChI is InChI=1S/C14H11IN2O3S/c1-19-3-4-20-14-12(2-5-21-15)13-10(8-17-14)6-16-7-11(13)9-18/h6-9H,3-4H2,1H3. The minimum Gasteiger partial charge on any atom is -0.474 e. The molecule has 5 nitrogen and oxygen atoms in total. The second-order valence-electron chi connectivity index (χ2n) is 3.89. The molecule has 2 heterocycles. The highest BCUT2D eigenvalue weighted by Crippen LogP contribution is 2.27. The Morgan fingerprint density at radius 1 is 1.38 bits per heavy atom. The van der Waals surface area contributed by atoms with Crippen LogP contribution in [0.3, 0.4) is 0 Å². The van der Waals surface area contributed by atoms with Crippen LogP contribution in [0.1, 0.15) is 15.9 Å². The number of ether oxygens (including phenoxy) is 2. The number of pyridine rings is 2. The first-order valence-corrected chi connectivity index (χ1v) is 9.30. The zero-order valence-electron chi connectivity index (χ0n) is 11.1. The number of hydrogen-bond acceptors (Lipinski definition) is 6. The molecular weight excluding hydrogens is 403 g/mol. The predicted molar refractivity (Wildman–Crippen MR) is 90.8 cm³/mol. The highest BCUT2D eigenvalue weighted by atomic mass is 127. The van der Waals surface area contributed by atoms with Gasteiger partial charge < -0.3 is 9.47 Å². The van der Waals surface area contributed by atoms with Crippen LogP contribution in [0.2, 0.25) is 0 Å². The van der Waals surface area contributed by atoms with Gasteiger partial charge in [-0.15, -0.1) is 0 Å². The Kier molecular flexibility index (Phi) is 6.22. The van der Waals surface area contributed by atoms with Gasteiger partial charge in [-0.2, -0.15) is 0 Å². The van der Waals surface area contributed by atoms with Gasteiger partial charge in [0.15, 0.2) is 6.29 Å². The molecule has 0 spiro atoms. The summed E-state index contributed by atoms with van der Waals surface area (Å²) in [7, 11) is 2.95. The van der Waals surface area contributed by atoms with Crippen molar-refractivity contribution in [1.29, 1.82) is 0 Å². The van der Waals surface area contributed by atoms with E-state index < -0.39 is 0 Å². The molecule has 0 N–H and O–H groups in total. The van der Waals surface area contributed by atoms with E-state index in [0.29, 0.717) is 35.6 Å². The molecule has 0 saturated heterocycles. The monoisotopic (exact) mass is 414 g/mol. The molecule has 0 aliphatic carbocycles. The van der Waals surface area contributed by atoms with E-state index in [1.54, 1.807) is 19.5 Å². The van der Waals surface area contributed by atoms with E-state index in [9.17, 15) is 4.79 Å². The normalized spacial score (nSPS) is 10.0. The molecule has 0 fully saturated rings. The van der Waals surface area contributed by atoms with Gasteiger partial charge in [0.25, 0.3) is 0 Å². The van der Waals surface area contributed by atoms with Crippen molar-refractivity contribution >= 4 is 47.2 Å². The molecule has 21 heavy (non-hydrogen) atoms. The van der Waals surface area contributed by atoms with E-state index in [1.165, 1.54) is 15.1 Å². The Hall–Kier alpha value is -1.37. The third kappa shape index (κ3) is 3.84. The summed E-state index contributed by atoms with van der Waals surface area (Å²) < 4.78 is 10.6. The van der Waals surface area contributed by atoms with Crippen LogP contribution in [0.25, 0.3) is 10.8 Å². The van der Waals surface area contributed by atoms with Crippen LogP contribution < -0.4 is 4.74 Å². The van der Waals surface area contributed by atoms with Gasteiger partial charge in [-0.25, -0.2) is 4.98 Å². The molecule has 0 unspecified atom stereocenters. The quantitative estimate of drug-likeness (QED) is 0.325. The molecule has 0 bridgehead atoms. The van der Waals surface area contributed by atoms with Gasteiger partial charge in [0.1, 0.15) is 6.61 Å². The van der Waals surface area contributed by atoms with Crippen molar-refractivity contribution in [3.63, 3.8) is 0 Å². The molecule has 0 saturated carbocycles. The maximum atomic E-state index is 11.2. The Morgan fingerprint density at radius 2 is 2.24 bits per heavy atom. The van der Waals surface area contributed by atoms with E-state index in [0.717, 1.165) is 11.7 Å². The van der Waals surface area contributed by atoms with Crippen molar-refractivity contribution in [2.45, 2.75) is 0 Å². The van der Waals surface area contributed by atoms with Gasteiger partial charge in [-0.05, 0) is 20.1 Å². The largest absolute Gasteiger partial charge is 0.474 e. The predicted octanol–water partition coefficient (Wildman–Crippen LogP) is 2.86. The Bertz CT molecular complexity index is 712. The lowest BCUT2D eigenvalue weighted by Gasteiger charge is -2.10. The third-order valence-corrected chi connectivity index (χ3v) is 3.50. The van der Waals surface area contributed by atoms with E-state index in [1.807, 2.05) is 0 Å². The number of hydrogen-bond donors (Lipinski definition) is 0. The molecule has 0 amide bonds. The van der Waals surface area contributed by atoms with Crippen LogP contribution in [0.5, 0.6) is 5.88 Å². The van der Waals surface area contributed by atoms with Crippen LogP contribution in [-0.2, 0) is 4.74 Å². The number of aldehydes is 1. The smallest absolute Gasteiger partial charge is 0.230 e. The molecule has 0 atom stereocenters. The van der Waals surface area contributed by atoms with Crippen molar-refractivity contribution in [2.24, 2.45) is 0 Å². The summed E-state index contributed by atoms with van der Waals surface area (Å²) in [4.78, 5) is 19.5. The summed E-state index contributed by atoms with van der Waals surface area (Å²) in [5.74, 6) is 3.39. The second-order valence-corrected chi connectivity index (χ2v) is 5.57. The fourth-order valence-corrected chi connectivity index (χ4v) is 2.26. The molecule has 108 valence electrons. The molecule has 2 aromatic rings. The van der Waals surface area contributed by atoms with Crippen LogP contribution in [0.15, 0.2) is 18.6 Å². The second kappa shape index (κ2) is 8.17. The molecule has 0 aliphatic rings. The lowest BCUT2D eigenvalue weighted by atomic mass is 10.1. The summed E-state index contributed by atoms with van der Waals surface area (Å²) in [6.45, 7) is 0.813. The van der Waals surface area contributed by atoms with Crippen molar-refractivity contribution in [3.8, 4) is 17.1 Å². The number of carbonyl (C=O) groups excluding carboxylic acids is 1. The number of carbonyl (C=O) groups is 1. The first-order chi connectivity index (χ1) is 10.3. The maximum absolute atomic E-state index is 11.2. The SMILES string of the molecule is COCCOc1ncc2cncc(C=O)c2c1C#CSI. The topological polar surface area (TPSA) is 61.3 Å². The summed E-state index contributed by atoms with van der Waals surface area (Å²) in [5.41, 5.74) is 1.06. The molecule has 0 radical (unpaired) electrons. The average Bonchev–Trinajstić information content (AvgIpc) is 2.53. The first-order valence-electron chi connectivity index (χ1n) is 5.94. The van der Waals surface area contributed by atoms with Crippen molar-refractivity contribution in [1.82, 2.24) is 9.97 Å². The van der Waals surface area contributed by atoms with Crippen LogP contribution in [-0.4, -0.2) is 36.6 Å². The molecule has 2 aromatic heterocycles. The highest BCUT2D eigenvalue weighted by molar-refractivity contribution is 14.2. The van der Waals surface area contributed by atoms with E-state index >= 15 is 0 Å². The number of nitrogens with zero attached hydrogens (tertiary/aromatic N) is 2. The summed E-state index contributed by atoms with van der Waals surface area (Å²) in [6.07, 6.45) is 5.55. The summed E-state index contributed by atoms with van der Waals surface area (Å²) >= 11 is 2.08. The van der Waals surface area contributed by atoms with Gasteiger partial charge >= 0.3 is 0 Å². The summed E-state index contributed by atoms with van der Waals surface area (Å²) in [6, 6.07) is 0. The molecule has 7 heteroatoms. The highest BCUT2D eigenvalue weighted by Gasteiger charge is 2.12. The Labute approximate surface area is 138 Å². The number of halogens is 1. The minimum absolute atomic E-state index is 0.364. The minimum atomic E-state index is 0.364. The maximum Gasteiger partial charge on any atom is 0.230 e. The number of aromatic nitrogens is 2. The zero-order valence-corrected chi connectivity index (χ0v) is 14.1. The lowest BCUT2D eigenvalue weighted by molar-refractivity contribution is 0.112. The van der Waals surface area contributed by atoms with Crippen molar-refractivity contribution in [2.75, 3.05) is 20.3 Å². The van der Waals surface area contributed by atoms with Gasteiger partial charge in [0.2, 0.25) is 5.88 Å². The third-order valence-electron chi connectivity index (χ3n) is 2.66. The zero-order chi connectivity index (χ0) is 15.1. The number of rotatable bonds is 5. The molecular formula is C14H11IN2O3S. The fourth-order valence-electron chi connectivity index (χ4n) is 1.79. The lowest BCUT2D eigenvalue weighted by Crippen LogP contribution is -2.07. The van der Waals surface area contributed by atoms with Gasteiger partial charge in [0.05, 0.1) is 12.2 Å². The van der Waals surface area contributed by atoms with E-state index in [4.69, 9.17) is 9.47 Å². The van der Waals surface area contributed by atoms with Gasteiger partial charge in [-0.3, -0.25) is 9.78 Å². The van der Waals surface area contributed by atoms with Crippen LogP contribution in [0.4, 0.5) is 0 Å². The van der Waals surface area contributed by atoms with Crippen LogP contribution >= 0.6 is 30.1 Å². The van der Waals surface area contributed by atoms with Gasteiger partial charge in [0, 0.05) is 63.2 Å².